The van der Waals surface area contributed by atoms with Crippen LogP contribution in [-0.4, -0.2) is 23.1 Å². The number of hydrogen-bond acceptors (Lipinski definition) is 4. The molecule has 1 aromatic heterocycles. The molecule has 4 nitrogen and oxygen atoms in total. The highest BCUT2D eigenvalue weighted by Crippen LogP contribution is 2.46. The van der Waals surface area contributed by atoms with Gasteiger partial charge < -0.3 is 10.6 Å². The van der Waals surface area contributed by atoms with Crippen molar-refractivity contribution in [1.82, 2.24) is 9.97 Å². The van der Waals surface area contributed by atoms with E-state index in [4.69, 9.17) is 0 Å². The third kappa shape index (κ3) is 2.67. The molecule has 0 spiro atoms. The Balaban J connectivity index is 1.86. The zero-order chi connectivity index (χ0) is 13.4. The first kappa shape index (κ1) is 12.7. The highest BCUT2D eigenvalue weighted by atomic mass is 15.1. The molecule has 0 radical (unpaired) electrons. The van der Waals surface area contributed by atoms with Gasteiger partial charge in [-0.1, -0.05) is 13.8 Å². The predicted octanol–water partition coefficient (Wildman–Crippen LogP) is 3.24. The lowest BCUT2D eigenvalue weighted by Gasteiger charge is -2.22. The van der Waals surface area contributed by atoms with Crippen LogP contribution < -0.4 is 10.6 Å². The molecule has 2 fully saturated rings. The van der Waals surface area contributed by atoms with E-state index in [1.54, 1.807) is 6.33 Å². The monoisotopic (exact) mass is 260 g/mol. The van der Waals surface area contributed by atoms with Crippen LogP contribution in [0.3, 0.4) is 0 Å². The van der Waals surface area contributed by atoms with Crippen LogP contribution in [0.2, 0.25) is 0 Å². The van der Waals surface area contributed by atoms with Gasteiger partial charge in [-0.25, -0.2) is 9.97 Å². The van der Waals surface area contributed by atoms with Crippen molar-refractivity contribution >= 4 is 11.6 Å². The summed E-state index contributed by atoms with van der Waals surface area (Å²) in [4.78, 5) is 8.85. The molecule has 2 saturated carbocycles. The van der Waals surface area contributed by atoms with Gasteiger partial charge in [-0.15, -0.1) is 0 Å². The topological polar surface area (TPSA) is 49.8 Å². The van der Waals surface area contributed by atoms with Gasteiger partial charge in [0.25, 0.3) is 0 Å². The lowest BCUT2D eigenvalue weighted by molar-refractivity contribution is 0.564. The molecule has 2 aliphatic rings. The summed E-state index contributed by atoms with van der Waals surface area (Å²) in [6, 6.07) is 0.636. The molecule has 0 atom stereocenters. The maximum atomic E-state index is 4.51. The van der Waals surface area contributed by atoms with E-state index in [9.17, 15) is 0 Å². The fourth-order valence-electron chi connectivity index (χ4n) is 2.95. The summed E-state index contributed by atoms with van der Waals surface area (Å²) < 4.78 is 0. The predicted molar refractivity (Wildman–Crippen MR) is 78.5 cm³/mol. The van der Waals surface area contributed by atoms with Gasteiger partial charge in [-0.3, -0.25) is 0 Å². The van der Waals surface area contributed by atoms with E-state index < -0.39 is 0 Å². The second-order valence-corrected chi connectivity index (χ2v) is 6.23. The summed E-state index contributed by atoms with van der Waals surface area (Å²) in [5.41, 5.74) is 1.22. The first-order valence-corrected chi connectivity index (χ1v) is 7.50. The maximum absolute atomic E-state index is 4.51. The molecule has 1 aromatic rings. The van der Waals surface area contributed by atoms with Gasteiger partial charge in [0.1, 0.15) is 18.0 Å². The van der Waals surface area contributed by atoms with Crippen LogP contribution in [-0.2, 0) is 0 Å². The fourth-order valence-corrected chi connectivity index (χ4v) is 2.95. The Hall–Kier alpha value is -1.32. The average molecular weight is 260 g/mol. The number of hydrogen-bond donors (Lipinski definition) is 2. The first-order chi connectivity index (χ1) is 9.20. The van der Waals surface area contributed by atoms with E-state index in [1.165, 1.54) is 31.2 Å². The molecule has 0 amide bonds. The first-order valence-electron chi connectivity index (χ1n) is 7.50. The van der Waals surface area contributed by atoms with Crippen molar-refractivity contribution in [3.63, 3.8) is 0 Å². The van der Waals surface area contributed by atoms with Crippen molar-refractivity contribution in [1.29, 1.82) is 0 Å². The van der Waals surface area contributed by atoms with E-state index in [2.05, 4.69) is 34.4 Å². The molecule has 4 heteroatoms. The zero-order valence-corrected chi connectivity index (χ0v) is 12.1. The molecule has 19 heavy (non-hydrogen) atoms. The van der Waals surface area contributed by atoms with Crippen LogP contribution in [0.4, 0.5) is 11.6 Å². The molecular formula is C15H24N4. The van der Waals surface area contributed by atoms with Gasteiger partial charge in [0, 0.05) is 18.7 Å². The lowest BCUT2D eigenvalue weighted by atomic mass is 10.0. The molecule has 2 N–H and O–H groups in total. The number of aromatic nitrogens is 2. The molecule has 0 unspecified atom stereocenters. The van der Waals surface area contributed by atoms with Gasteiger partial charge >= 0.3 is 0 Å². The van der Waals surface area contributed by atoms with Crippen LogP contribution in [0.1, 0.15) is 51.0 Å². The van der Waals surface area contributed by atoms with Crippen molar-refractivity contribution in [2.24, 2.45) is 11.8 Å². The van der Waals surface area contributed by atoms with E-state index in [0.29, 0.717) is 12.0 Å². The summed E-state index contributed by atoms with van der Waals surface area (Å²) in [5, 5.41) is 6.93. The number of nitrogens with one attached hydrogen (secondary N) is 2. The molecule has 0 aliphatic heterocycles. The lowest BCUT2D eigenvalue weighted by Crippen LogP contribution is -2.26. The van der Waals surface area contributed by atoms with Crippen LogP contribution in [0.25, 0.3) is 0 Å². The summed E-state index contributed by atoms with van der Waals surface area (Å²) in [7, 11) is 1.93. The molecule has 104 valence electrons. The van der Waals surface area contributed by atoms with Crippen LogP contribution in [0.5, 0.6) is 0 Å². The Kier molecular flexibility index (Phi) is 3.33. The average Bonchev–Trinajstić information content (AvgIpc) is 3.28. The SMILES string of the molecule is CNc1ncnc(NC(C2CC2)C2CC2)c1C(C)C. The van der Waals surface area contributed by atoms with E-state index in [1.807, 2.05) is 7.05 Å². The van der Waals surface area contributed by atoms with Crippen molar-refractivity contribution in [3.8, 4) is 0 Å². The second kappa shape index (κ2) is 4.99. The Morgan fingerprint density at radius 2 is 1.63 bits per heavy atom. The normalized spacial score (nSPS) is 19.0. The van der Waals surface area contributed by atoms with Crippen molar-refractivity contribution < 1.29 is 0 Å². The van der Waals surface area contributed by atoms with Gasteiger partial charge in [0.15, 0.2) is 0 Å². The molecule has 3 rings (SSSR count). The van der Waals surface area contributed by atoms with Gasteiger partial charge in [-0.2, -0.15) is 0 Å². The minimum absolute atomic E-state index is 0.421. The molecule has 0 bridgehead atoms. The summed E-state index contributed by atoms with van der Waals surface area (Å²) >= 11 is 0. The van der Waals surface area contributed by atoms with Crippen molar-refractivity contribution in [3.05, 3.63) is 11.9 Å². The van der Waals surface area contributed by atoms with Crippen LogP contribution in [0.15, 0.2) is 6.33 Å². The largest absolute Gasteiger partial charge is 0.373 e. The number of anilines is 2. The van der Waals surface area contributed by atoms with Crippen LogP contribution in [0, 0.1) is 11.8 Å². The van der Waals surface area contributed by atoms with Crippen LogP contribution >= 0.6 is 0 Å². The molecule has 2 aliphatic carbocycles. The molecule has 0 saturated heterocycles. The third-order valence-corrected chi connectivity index (χ3v) is 4.26. The molecular weight excluding hydrogens is 236 g/mol. The Morgan fingerprint density at radius 1 is 1.05 bits per heavy atom. The van der Waals surface area contributed by atoms with Gasteiger partial charge in [-0.05, 0) is 43.4 Å². The fraction of sp³-hybridized carbons (Fsp3) is 0.733. The Labute approximate surface area is 115 Å². The summed E-state index contributed by atoms with van der Waals surface area (Å²) in [6.07, 6.45) is 7.20. The quantitative estimate of drug-likeness (QED) is 0.824. The van der Waals surface area contributed by atoms with Crippen molar-refractivity contribution in [2.75, 3.05) is 17.7 Å². The third-order valence-electron chi connectivity index (χ3n) is 4.26. The van der Waals surface area contributed by atoms with Crippen molar-refractivity contribution in [2.45, 2.75) is 51.5 Å². The minimum atomic E-state index is 0.421. The van der Waals surface area contributed by atoms with E-state index in [0.717, 1.165) is 23.5 Å². The maximum Gasteiger partial charge on any atom is 0.135 e. The Morgan fingerprint density at radius 3 is 2.11 bits per heavy atom. The highest BCUT2D eigenvalue weighted by molar-refractivity contribution is 5.59. The summed E-state index contributed by atoms with van der Waals surface area (Å²) in [5.74, 6) is 4.17. The number of rotatable bonds is 6. The van der Waals surface area contributed by atoms with E-state index >= 15 is 0 Å². The van der Waals surface area contributed by atoms with Gasteiger partial charge in [0.05, 0.1) is 0 Å². The minimum Gasteiger partial charge on any atom is -0.373 e. The molecule has 1 heterocycles. The summed E-state index contributed by atoms with van der Waals surface area (Å²) in [6.45, 7) is 4.40. The second-order valence-electron chi connectivity index (χ2n) is 6.23. The highest BCUT2D eigenvalue weighted by Gasteiger charge is 2.42. The smallest absolute Gasteiger partial charge is 0.135 e. The van der Waals surface area contributed by atoms with Gasteiger partial charge in [0.2, 0.25) is 0 Å². The standard InChI is InChI=1S/C15H24N4/c1-9(2)12-14(16-3)17-8-18-15(12)19-13(10-4-5-10)11-6-7-11/h8-11,13H,4-7H2,1-3H3,(H2,16,17,18,19). The van der Waals surface area contributed by atoms with E-state index in [-0.39, 0.29) is 0 Å². The zero-order valence-electron chi connectivity index (χ0n) is 12.1. The Bertz CT molecular complexity index is 437. The molecule has 0 aromatic carbocycles. The number of nitrogens with zero attached hydrogens (tertiary/aromatic N) is 2.